The van der Waals surface area contributed by atoms with Gasteiger partial charge in [0, 0.05) is 22.8 Å². The first-order valence-electron chi connectivity index (χ1n) is 5.82. The van der Waals surface area contributed by atoms with Crippen molar-refractivity contribution in [2.75, 3.05) is 12.4 Å². The number of rotatable bonds is 4. The van der Waals surface area contributed by atoms with Crippen molar-refractivity contribution >= 4 is 21.7 Å². The average Bonchev–Trinajstić information content (AvgIpc) is 2.39. The van der Waals surface area contributed by atoms with E-state index in [1.165, 1.54) is 7.11 Å². The van der Waals surface area contributed by atoms with Crippen molar-refractivity contribution in [3.8, 4) is 11.5 Å². The van der Waals surface area contributed by atoms with Crippen LogP contribution in [0.2, 0.25) is 0 Å². The maximum Gasteiger partial charge on any atom is 0.162 e. The SMILES string of the molecule is COc1cc(Br)cc(CNc2cc(C)ccn2)c1O. The highest BCUT2D eigenvalue weighted by atomic mass is 79.9. The Labute approximate surface area is 120 Å². The van der Waals surface area contributed by atoms with Crippen molar-refractivity contribution in [1.82, 2.24) is 4.98 Å². The second kappa shape index (κ2) is 5.93. The Morgan fingerprint density at radius 3 is 2.84 bits per heavy atom. The van der Waals surface area contributed by atoms with Crippen LogP contribution in [0.25, 0.3) is 0 Å². The number of pyridine rings is 1. The molecule has 0 saturated carbocycles. The smallest absolute Gasteiger partial charge is 0.162 e. The first-order valence-corrected chi connectivity index (χ1v) is 6.61. The summed E-state index contributed by atoms with van der Waals surface area (Å²) in [4.78, 5) is 4.21. The molecule has 0 fully saturated rings. The van der Waals surface area contributed by atoms with Crippen molar-refractivity contribution in [1.29, 1.82) is 0 Å². The predicted molar refractivity (Wildman–Crippen MR) is 78.7 cm³/mol. The molecule has 0 unspecified atom stereocenters. The number of hydrogen-bond donors (Lipinski definition) is 2. The molecule has 19 heavy (non-hydrogen) atoms. The minimum absolute atomic E-state index is 0.144. The third-order valence-electron chi connectivity index (χ3n) is 2.71. The van der Waals surface area contributed by atoms with E-state index >= 15 is 0 Å². The molecular weight excluding hydrogens is 308 g/mol. The first kappa shape index (κ1) is 13.7. The zero-order chi connectivity index (χ0) is 13.8. The molecule has 2 rings (SSSR count). The number of ether oxygens (including phenoxy) is 1. The van der Waals surface area contributed by atoms with Crippen LogP contribution >= 0.6 is 15.9 Å². The molecule has 2 N–H and O–H groups in total. The van der Waals surface area contributed by atoms with Gasteiger partial charge in [0.2, 0.25) is 0 Å². The number of halogens is 1. The summed E-state index contributed by atoms with van der Waals surface area (Å²) in [5.41, 5.74) is 1.88. The molecule has 5 heteroatoms. The second-order valence-electron chi connectivity index (χ2n) is 4.19. The number of phenolic OH excluding ortho intramolecular Hbond substituents is 1. The molecule has 1 aromatic carbocycles. The van der Waals surface area contributed by atoms with Gasteiger partial charge in [0.15, 0.2) is 11.5 Å². The summed E-state index contributed by atoms with van der Waals surface area (Å²) >= 11 is 3.39. The highest BCUT2D eigenvalue weighted by molar-refractivity contribution is 9.10. The van der Waals surface area contributed by atoms with Crippen molar-refractivity contribution in [3.05, 3.63) is 46.1 Å². The zero-order valence-electron chi connectivity index (χ0n) is 10.8. The van der Waals surface area contributed by atoms with Crippen LogP contribution < -0.4 is 10.1 Å². The molecule has 0 aliphatic carbocycles. The van der Waals surface area contributed by atoms with Crippen LogP contribution in [-0.4, -0.2) is 17.2 Å². The second-order valence-corrected chi connectivity index (χ2v) is 5.10. The minimum Gasteiger partial charge on any atom is -0.504 e. The van der Waals surface area contributed by atoms with Gasteiger partial charge in [-0.3, -0.25) is 0 Å². The fourth-order valence-corrected chi connectivity index (χ4v) is 2.22. The molecule has 0 atom stereocenters. The van der Waals surface area contributed by atoms with Gasteiger partial charge in [0.25, 0.3) is 0 Å². The van der Waals surface area contributed by atoms with E-state index < -0.39 is 0 Å². The lowest BCUT2D eigenvalue weighted by Crippen LogP contribution is -2.02. The third-order valence-corrected chi connectivity index (χ3v) is 3.17. The molecule has 100 valence electrons. The monoisotopic (exact) mass is 322 g/mol. The average molecular weight is 323 g/mol. The van der Waals surface area contributed by atoms with Gasteiger partial charge in [-0.1, -0.05) is 15.9 Å². The quantitative estimate of drug-likeness (QED) is 0.904. The van der Waals surface area contributed by atoms with Gasteiger partial charge in [0.05, 0.1) is 7.11 Å². The van der Waals surface area contributed by atoms with Crippen LogP contribution in [0, 0.1) is 6.92 Å². The topological polar surface area (TPSA) is 54.4 Å². The maximum atomic E-state index is 10.0. The van der Waals surface area contributed by atoms with Crippen molar-refractivity contribution in [2.24, 2.45) is 0 Å². The molecule has 1 aromatic heterocycles. The number of nitrogens with one attached hydrogen (secondary N) is 1. The van der Waals surface area contributed by atoms with Gasteiger partial charge in [-0.25, -0.2) is 4.98 Å². The molecule has 2 aromatic rings. The number of hydrogen-bond acceptors (Lipinski definition) is 4. The number of phenols is 1. The number of nitrogens with zero attached hydrogens (tertiary/aromatic N) is 1. The van der Waals surface area contributed by atoms with Crippen LogP contribution in [0.3, 0.4) is 0 Å². The Morgan fingerprint density at radius 2 is 2.16 bits per heavy atom. The van der Waals surface area contributed by atoms with Gasteiger partial charge < -0.3 is 15.2 Å². The molecule has 0 amide bonds. The van der Waals surface area contributed by atoms with Gasteiger partial charge in [-0.05, 0) is 36.8 Å². The Hall–Kier alpha value is -1.75. The number of aryl methyl sites for hydroxylation is 1. The Bertz CT molecular complexity index is 588. The van der Waals surface area contributed by atoms with E-state index in [4.69, 9.17) is 4.74 Å². The Kier molecular flexibility index (Phi) is 4.27. The number of anilines is 1. The lowest BCUT2D eigenvalue weighted by Gasteiger charge is -2.11. The van der Waals surface area contributed by atoms with Crippen LogP contribution in [0.15, 0.2) is 34.9 Å². The van der Waals surface area contributed by atoms with E-state index in [-0.39, 0.29) is 5.75 Å². The molecule has 0 saturated heterocycles. The van der Waals surface area contributed by atoms with E-state index in [1.54, 1.807) is 12.3 Å². The number of aromatic nitrogens is 1. The fourth-order valence-electron chi connectivity index (χ4n) is 1.74. The number of aromatic hydroxyl groups is 1. The largest absolute Gasteiger partial charge is 0.504 e. The van der Waals surface area contributed by atoms with Crippen LogP contribution in [0.5, 0.6) is 11.5 Å². The zero-order valence-corrected chi connectivity index (χ0v) is 12.4. The third kappa shape index (κ3) is 3.38. The summed E-state index contributed by atoms with van der Waals surface area (Å²) in [7, 11) is 1.53. The van der Waals surface area contributed by atoms with Gasteiger partial charge in [-0.15, -0.1) is 0 Å². The highest BCUT2D eigenvalue weighted by Crippen LogP contribution is 2.33. The van der Waals surface area contributed by atoms with Crippen LogP contribution in [0.1, 0.15) is 11.1 Å². The fraction of sp³-hybridized carbons (Fsp3) is 0.214. The summed E-state index contributed by atoms with van der Waals surface area (Å²) in [5.74, 6) is 1.37. The summed E-state index contributed by atoms with van der Waals surface area (Å²) in [5, 5.41) is 13.2. The Balaban J connectivity index is 2.17. The van der Waals surface area contributed by atoms with Crippen LogP contribution in [-0.2, 0) is 6.54 Å². The molecule has 0 aliphatic heterocycles. The Morgan fingerprint density at radius 1 is 1.37 bits per heavy atom. The summed E-state index contributed by atoms with van der Waals surface area (Å²) in [6.07, 6.45) is 1.75. The van der Waals surface area contributed by atoms with Gasteiger partial charge in [0.1, 0.15) is 5.82 Å². The molecule has 0 bridgehead atoms. The van der Waals surface area contributed by atoms with Gasteiger partial charge >= 0.3 is 0 Å². The minimum atomic E-state index is 0.144. The number of methoxy groups -OCH3 is 1. The highest BCUT2D eigenvalue weighted by Gasteiger charge is 2.09. The van der Waals surface area contributed by atoms with E-state index in [9.17, 15) is 5.11 Å². The molecule has 0 aliphatic rings. The van der Waals surface area contributed by atoms with Crippen LogP contribution in [0.4, 0.5) is 5.82 Å². The molecule has 4 nitrogen and oxygen atoms in total. The van der Waals surface area contributed by atoms with E-state index in [1.807, 2.05) is 25.1 Å². The first-order chi connectivity index (χ1) is 9.10. The lowest BCUT2D eigenvalue weighted by molar-refractivity contribution is 0.370. The van der Waals surface area contributed by atoms with E-state index in [0.29, 0.717) is 12.3 Å². The summed E-state index contributed by atoms with van der Waals surface area (Å²) in [6.45, 7) is 2.48. The summed E-state index contributed by atoms with van der Waals surface area (Å²) < 4.78 is 5.97. The molecule has 0 radical (unpaired) electrons. The maximum absolute atomic E-state index is 10.0. The number of benzene rings is 1. The lowest BCUT2D eigenvalue weighted by atomic mass is 10.2. The van der Waals surface area contributed by atoms with Crippen molar-refractivity contribution < 1.29 is 9.84 Å². The molecule has 0 spiro atoms. The summed E-state index contributed by atoms with van der Waals surface area (Å²) in [6, 6.07) is 7.46. The van der Waals surface area contributed by atoms with Crippen molar-refractivity contribution in [3.63, 3.8) is 0 Å². The molecular formula is C14H15BrN2O2. The molecule has 1 heterocycles. The van der Waals surface area contributed by atoms with E-state index in [0.717, 1.165) is 21.4 Å². The standard InChI is InChI=1S/C14H15BrN2O2/c1-9-3-4-16-13(5-9)17-8-10-6-11(15)7-12(19-2)14(10)18/h3-7,18H,8H2,1-2H3,(H,16,17). The van der Waals surface area contributed by atoms with Crippen molar-refractivity contribution in [2.45, 2.75) is 13.5 Å². The normalized spacial score (nSPS) is 10.3. The predicted octanol–water partition coefficient (Wildman–Crippen LogP) is 3.48. The van der Waals surface area contributed by atoms with E-state index in [2.05, 4.69) is 26.2 Å². The van der Waals surface area contributed by atoms with Gasteiger partial charge in [-0.2, -0.15) is 0 Å².